The summed E-state index contributed by atoms with van der Waals surface area (Å²) < 4.78 is 6.70. The molecule has 5 rings (SSSR count). The number of piperazine rings is 1. The minimum absolute atomic E-state index is 0.0504. The summed E-state index contributed by atoms with van der Waals surface area (Å²) in [6, 6.07) is 11.4. The quantitative estimate of drug-likeness (QED) is 0.296. The van der Waals surface area contributed by atoms with Crippen molar-refractivity contribution in [2.75, 3.05) is 51.7 Å². The van der Waals surface area contributed by atoms with E-state index in [0.717, 1.165) is 55.8 Å². The second kappa shape index (κ2) is 12.0. The molecule has 1 atom stereocenters. The number of anilines is 2. The van der Waals surface area contributed by atoms with Crippen LogP contribution >= 0.6 is 0 Å². The Kier molecular flexibility index (Phi) is 8.32. The Hall–Kier alpha value is -3.64. The predicted molar refractivity (Wildman–Crippen MR) is 148 cm³/mol. The molecule has 1 aromatic carbocycles. The van der Waals surface area contributed by atoms with E-state index in [1.165, 1.54) is 13.2 Å². The van der Waals surface area contributed by atoms with Crippen LogP contribution in [-0.4, -0.2) is 93.0 Å². The van der Waals surface area contributed by atoms with E-state index < -0.39 is 6.41 Å². The van der Waals surface area contributed by atoms with Crippen LogP contribution in [0, 0.1) is 5.92 Å². The van der Waals surface area contributed by atoms with Crippen LogP contribution in [0.1, 0.15) is 12.0 Å². The van der Waals surface area contributed by atoms with E-state index in [4.69, 9.17) is 9.72 Å². The second-order valence-electron chi connectivity index (χ2n) is 10.1. The summed E-state index contributed by atoms with van der Waals surface area (Å²) in [5.41, 5.74) is 2.51. The lowest BCUT2D eigenvalue weighted by Gasteiger charge is -2.38. The zero-order valence-corrected chi connectivity index (χ0v) is 22.2. The van der Waals surface area contributed by atoms with Crippen LogP contribution in [0.3, 0.4) is 0 Å². The van der Waals surface area contributed by atoms with Crippen LogP contribution < -0.4 is 10.9 Å². The summed E-state index contributed by atoms with van der Waals surface area (Å²) in [4.78, 5) is 39.6. The number of methoxy groups -OCH3 is 1. The maximum atomic E-state index is 12.7. The van der Waals surface area contributed by atoms with Crippen molar-refractivity contribution >= 4 is 28.6 Å². The Labute approximate surface area is 227 Å². The van der Waals surface area contributed by atoms with Gasteiger partial charge in [0.25, 0.3) is 5.56 Å². The maximum absolute atomic E-state index is 12.7. The highest BCUT2D eigenvalue weighted by Gasteiger charge is 2.29. The van der Waals surface area contributed by atoms with Crippen molar-refractivity contribution < 1.29 is 14.6 Å². The number of amides is 1. The van der Waals surface area contributed by atoms with E-state index in [1.54, 1.807) is 27.8 Å². The molecule has 39 heavy (non-hydrogen) atoms. The smallest absolute Gasteiger partial charge is 0.252 e. The van der Waals surface area contributed by atoms with Crippen molar-refractivity contribution in [1.29, 1.82) is 0 Å². The highest BCUT2D eigenvalue weighted by Crippen LogP contribution is 2.22. The SMILES string of the molecule is C=CC(=O)N1CC(CCn2c(=O)ccc3cnc(Nc4cccc(CN5CCN(C(O)OC)CC5)c4)nc32)C1. The summed E-state index contributed by atoms with van der Waals surface area (Å²) >= 11 is 0. The van der Waals surface area contributed by atoms with Gasteiger partial charge >= 0.3 is 0 Å². The number of fused-ring (bicyclic) bond motifs is 1. The van der Waals surface area contributed by atoms with Crippen molar-refractivity contribution in [3.05, 3.63) is 71.2 Å². The van der Waals surface area contributed by atoms with Crippen molar-refractivity contribution in [3.63, 3.8) is 0 Å². The monoisotopic (exact) mass is 533 g/mol. The molecule has 3 aromatic rings. The third-order valence-corrected chi connectivity index (χ3v) is 7.45. The van der Waals surface area contributed by atoms with Gasteiger partial charge in [-0.3, -0.25) is 24.0 Å². The number of carbonyl (C=O) groups excluding carboxylic acids is 1. The van der Waals surface area contributed by atoms with Gasteiger partial charge in [0.2, 0.25) is 18.3 Å². The molecule has 0 bridgehead atoms. The molecular weight excluding hydrogens is 498 g/mol. The van der Waals surface area contributed by atoms with E-state index in [2.05, 4.69) is 33.9 Å². The number of nitrogens with zero attached hydrogens (tertiary/aromatic N) is 6. The summed E-state index contributed by atoms with van der Waals surface area (Å²) in [7, 11) is 1.51. The first-order valence-electron chi connectivity index (χ1n) is 13.2. The highest BCUT2D eigenvalue weighted by molar-refractivity contribution is 5.87. The van der Waals surface area contributed by atoms with E-state index in [0.29, 0.717) is 37.1 Å². The lowest BCUT2D eigenvalue weighted by atomic mass is 9.96. The fourth-order valence-electron chi connectivity index (χ4n) is 5.15. The first-order valence-corrected chi connectivity index (χ1v) is 13.2. The number of pyridine rings is 1. The summed E-state index contributed by atoms with van der Waals surface area (Å²) in [5.74, 6) is 0.726. The van der Waals surface area contributed by atoms with Crippen LogP contribution in [0.15, 0.2) is 60.0 Å². The molecule has 2 N–H and O–H groups in total. The molecule has 2 aliphatic heterocycles. The number of ether oxygens (including phenoxy) is 1. The Morgan fingerprint density at radius 2 is 2.03 bits per heavy atom. The third kappa shape index (κ3) is 6.34. The Bertz CT molecular complexity index is 1380. The number of carbonyl (C=O) groups is 1. The predicted octanol–water partition coefficient (Wildman–Crippen LogP) is 1.61. The number of benzene rings is 1. The molecule has 0 radical (unpaired) electrons. The van der Waals surface area contributed by atoms with E-state index >= 15 is 0 Å². The van der Waals surface area contributed by atoms with E-state index in [-0.39, 0.29) is 11.5 Å². The van der Waals surface area contributed by atoms with Gasteiger partial charge in [0.1, 0.15) is 5.65 Å². The minimum Gasteiger partial charge on any atom is -0.356 e. The molecule has 0 aliphatic carbocycles. The first-order chi connectivity index (χ1) is 18.9. The summed E-state index contributed by atoms with van der Waals surface area (Å²) in [5, 5.41) is 14.0. The van der Waals surface area contributed by atoms with Crippen LogP contribution in [0.2, 0.25) is 0 Å². The highest BCUT2D eigenvalue weighted by atomic mass is 16.6. The van der Waals surface area contributed by atoms with Gasteiger partial charge in [0, 0.05) is 82.8 Å². The fourth-order valence-corrected chi connectivity index (χ4v) is 5.15. The van der Waals surface area contributed by atoms with Gasteiger partial charge in [-0.05, 0) is 42.2 Å². The van der Waals surface area contributed by atoms with Gasteiger partial charge in [-0.1, -0.05) is 18.7 Å². The number of aryl methyl sites for hydroxylation is 1. The van der Waals surface area contributed by atoms with Crippen molar-refractivity contribution in [3.8, 4) is 0 Å². The molecule has 0 saturated carbocycles. The normalized spacial score (nSPS) is 17.6. The Morgan fingerprint density at radius 3 is 2.77 bits per heavy atom. The molecule has 2 fully saturated rings. The first kappa shape index (κ1) is 26.9. The zero-order chi connectivity index (χ0) is 27.4. The fraction of sp³-hybridized carbons (Fsp3) is 0.429. The van der Waals surface area contributed by atoms with Crippen molar-refractivity contribution in [1.82, 2.24) is 29.2 Å². The molecule has 0 spiro atoms. The molecule has 2 aliphatic rings. The standard InChI is InChI=1S/C28H35N7O4/c1-3-24(36)34-18-21(19-34)9-10-35-25(37)8-7-22-16-29-27(31-26(22)35)30-23-6-4-5-20(15-23)17-32-11-13-33(14-12-32)28(38)39-2/h3-8,15-16,21,28,38H,1,9-14,17-19H2,2H3,(H,29,30,31). The van der Waals surface area contributed by atoms with E-state index in [1.807, 2.05) is 17.0 Å². The molecule has 206 valence electrons. The number of rotatable bonds is 10. The van der Waals surface area contributed by atoms with Crippen LogP contribution in [0.25, 0.3) is 11.0 Å². The molecule has 1 unspecified atom stereocenters. The lowest BCUT2D eigenvalue weighted by Crippen LogP contribution is -2.50. The molecule has 11 heteroatoms. The maximum Gasteiger partial charge on any atom is 0.252 e. The molecule has 1 amide bonds. The summed E-state index contributed by atoms with van der Waals surface area (Å²) in [6.45, 7) is 9.39. The van der Waals surface area contributed by atoms with Gasteiger partial charge in [-0.2, -0.15) is 4.98 Å². The number of likely N-dealkylation sites (tertiary alicyclic amines) is 1. The van der Waals surface area contributed by atoms with E-state index in [9.17, 15) is 14.7 Å². The molecule has 11 nitrogen and oxygen atoms in total. The average molecular weight is 534 g/mol. The molecule has 2 aromatic heterocycles. The minimum atomic E-state index is -0.852. The van der Waals surface area contributed by atoms with Crippen molar-refractivity contribution in [2.45, 2.75) is 25.9 Å². The summed E-state index contributed by atoms with van der Waals surface area (Å²) in [6.07, 6.45) is 3.00. The molecular formula is C28H35N7O4. The van der Waals surface area contributed by atoms with Gasteiger partial charge in [0.15, 0.2) is 0 Å². The number of aromatic nitrogens is 3. The largest absolute Gasteiger partial charge is 0.356 e. The average Bonchev–Trinajstić information content (AvgIpc) is 2.93. The number of nitrogens with one attached hydrogen (secondary N) is 1. The topological polar surface area (TPSA) is 116 Å². The third-order valence-electron chi connectivity index (χ3n) is 7.45. The Balaban J connectivity index is 1.24. The number of hydrogen-bond donors (Lipinski definition) is 2. The number of hydrogen-bond acceptors (Lipinski definition) is 9. The van der Waals surface area contributed by atoms with Gasteiger partial charge in [-0.25, -0.2) is 4.98 Å². The van der Waals surface area contributed by atoms with Gasteiger partial charge < -0.3 is 20.1 Å². The van der Waals surface area contributed by atoms with Gasteiger partial charge in [-0.15, -0.1) is 0 Å². The van der Waals surface area contributed by atoms with Crippen LogP contribution in [0.4, 0.5) is 11.6 Å². The number of aliphatic hydroxyl groups is 1. The Morgan fingerprint density at radius 1 is 1.23 bits per heavy atom. The van der Waals surface area contributed by atoms with Crippen molar-refractivity contribution in [2.24, 2.45) is 5.92 Å². The second-order valence-corrected chi connectivity index (χ2v) is 10.1. The van der Waals surface area contributed by atoms with Crippen LogP contribution in [-0.2, 0) is 22.6 Å². The molecule has 2 saturated heterocycles. The zero-order valence-electron chi connectivity index (χ0n) is 22.2. The lowest BCUT2D eigenvalue weighted by molar-refractivity contribution is -0.185. The number of aliphatic hydroxyl groups excluding tert-OH is 1. The molecule has 4 heterocycles. The van der Waals surface area contributed by atoms with Crippen LogP contribution in [0.5, 0.6) is 0 Å². The van der Waals surface area contributed by atoms with Gasteiger partial charge in [0.05, 0.1) is 0 Å².